The van der Waals surface area contributed by atoms with E-state index in [-0.39, 0.29) is 12.0 Å². The molecule has 0 radical (unpaired) electrons. The molecule has 0 unspecified atom stereocenters. The van der Waals surface area contributed by atoms with Crippen molar-refractivity contribution in [2.75, 3.05) is 25.4 Å². The third-order valence-corrected chi connectivity index (χ3v) is 3.33. The largest absolute Gasteiger partial charge is 0.367 e. The number of hydrogen-bond donors (Lipinski definition) is 3. The summed E-state index contributed by atoms with van der Waals surface area (Å²) in [5, 5.41) is 9.39. The van der Waals surface area contributed by atoms with Crippen LogP contribution in [-0.2, 0) is 6.42 Å². The van der Waals surface area contributed by atoms with Crippen LogP contribution in [0.3, 0.4) is 0 Å². The lowest BCUT2D eigenvalue weighted by Gasteiger charge is -2.24. The summed E-state index contributed by atoms with van der Waals surface area (Å²) in [6.45, 7) is 2.27. The van der Waals surface area contributed by atoms with Crippen molar-refractivity contribution >= 4 is 12.0 Å². The molecule has 0 aliphatic carbocycles. The topological polar surface area (TPSA) is 99.9 Å². The molecule has 0 spiro atoms. The van der Waals surface area contributed by atoms with Gasteiger partial charge in [-0.15, -0.1) is 5.10 Å². The third kappa shape index (κ3) is 4.42. The Morgan fingerprint density at radius 2 is 1.95 bits per heavy atom. The van der Waals surface area contributed by atoms with Gasteiger partial charge in [0.05, 0.1) is 0 Å². The van der Waals surface area contributed by atoms with Gasteiger partial charge in [-0.1, -0.05) is 19.3 Å². The van der Waals surface area contributed by atoms with E-state index in [2.05, 4.69) is 20.5 Å². The summed E-state index contributed by atoms with van der Waals surface area (Å²) < 4.78 is 0. The summed E-state index contributed by atoms with van der Waals surface area (Å²) in [5.41, 5.74) is 5.41. The second kappa shape index (κ2) is 6.96. The molecule has 7 heteroatoms. The van der Waals surface area contributed by atoms with Crippen LogP contribution >= 0.6 is 0 Å². The maximum Gasteiger partial charge on any atom is 0.317 e. The second-order valence-corrected chi connectivity index (χ2v) is 4.88. The van der Waals surface area contributed by atoms with E-state index in [1.165, 1.54) is 19.3 Å². The summed E-state index contributed by atoms with van der Waals surface area (Å²) >= 11 is 0. The third-order valence-electron chi connectivity index (χ3n) is 3.33. The zero-order valence-corrected chi connectivity index (χ0v) is 11.2. The average Bonchev–Trinajstić information content (AvgIpc) is 2.74. The molecule has 2 rings (SSSR count). The van der Waals surface area contributed by atoms with Gasteiger partial charge in [0.15, 0.2) is 0 Å². The highest BCUT2D eigenvalue weighted by Crippen LogP contribution is 2.10. The first-order valence-corrected chi connectivity index (χ1v) is 6.95. The van der Waals surface area contributed by atoms with Crippen molar-refractivity contribution in [3.8, 4) is 0 Å². The van der Waals surface area contributed by atoms with Gasteiger partial charge < -0.3 is 16.0 Å². The van der Waals surface area contributed by atoms with Crippen molar-refractivity contribution in [1.29, 1.82) is 0 Å². The number of nitrogens with one attached hydrogen (secondary N) is 2. The number of nitrogens with two attached hydrogens (primary N) is 1. The highest BCUT2D eigenvalue weighted by atomic mass is 16.2. The van der Waals surface area contributed by atoms with Crippen LogP contribution in [0.5, 0.6) is 0 Å². The van der Waals surface area contributed by atoms with Crippen LogP contribution < -0.4 is 11.1 Å². The molecule has 7 nitrogen and oxygen atoms in total. The molecule has 0 atom stereocenters. The first kappa shape index (κ1) is 13.6. The van der Waals surface area contributed by atoms with Crippen LogP contribution in [0.25, 0.3) is 0 Å². The number of carbonyl (C=O) groups excluding carboxylic acids is 1. The lowest BCUT2D eigenvalue weighted by Crippen LogP contribution is -2.42. The number of likely N-dealkylation sites (tertiary alicyclic amines) is 1. The summed E-state index contributed by atoms with van der Waals surface area (Å²) in [5.74, 6) is 0.940. The molecule has 0 saturated carbocycles. The molecule has 4 N–H and O–H groups in total. The smallest absolute Gasteiger partial charge is 0.317 e. The van der Waals surface area contributed by atoms with E-state index in [0.29, 0.717) is 18.8 Å². The molecule has 1 aromatic heterocycles. The number of amides is 2. The van der Waals surface area contributed by atoms with Gasteiger partial charge in [-0.25, -0.2) is 4.79 Å². The number of carbonyl (C=O) groups is 1. The number of H-pyrrole nitrogens is 1. The molecule has 2 amide bonds. The first-order chi connectivity index (χ1) is 9.25. The minimum atomic E-state index is 0.0226. The Labute approximate surface area is 113 Å². The Bertz CT molecular complexity index is 397. The summed E-state index contributed by atoms with van der Waals surface area (Å²) in [6, 6.07) is 0.0226. The quantitative estimate of drug-likeness (QED) is 0.757. The van der Waals surface area contributed by atoms with E-state index in [1.54, 1.807) is 0 Å². The Kier molecular flexibility index (Phi) is 5.00. The first-order valence-electron chi connectivity index (χ1n) is 6.95. The molecular weight excluding hydrogens is 244 g/mol. The lowest BCUT2D eigenvalue weighted by atomic mass is 10.1. The number of hydrogen-bond acceptors (Lipinski definition) is 4. The molecule has 19 heavy (non-hydrogen) atoms. The molecule has 1 aliphatic heterocycles. The fourth-order valence-electron chi connectivity index (χ4n) is 2.27. The molecule has 0 bridgehead atoms. The van der Waals surface area contributed by atoms with E-state index < -0.39 is 0 Å². The average molecular weight is 266 g/mol. The van der Waals surface area contributed by atoms with Gasteiger partial charge in [-0.2, -0.15) is 4.98 Å². The summed E-state index contributed by atoms with van der Waals surface area (Å²) in [7, 11) is 0. The predicted octanol–water partition coefficient (Wildman–Crippen LogP) is 0.905. The molecule has 1 aromatic rings. The molecule has 106 valence electrons. The van der Waals surface area contributed by atoms with Gasteiger partial charge >= 0.3 is 6.03 Å². The normalized spacial score (nSPS) is 16.7. The van der Waals surface area contributed by atoms with Gasteiger partial charge in [0.1, 0.15) is 5.82 Å². The predicted molar refractivity (Wildman–Crippen MR) is 72.6 cm³/mol. The number of rotatable bonds is 3. The van der Waals surface area contributed by atoms with E-state index in [1.807, 2.05) is 4.90 Å². The van der Waals surface area contributed by atoms with Crippen molar-refractivity contribution in [2.24, 2.45) is 0 Å². The van der Waals surface area contributed by atoms with Gasteiger partial charge in [-0.3, -0.25) is 5.10 Å². The molecular formula is C12H22N6O. The summed E-state index contributed by atoms with van der Waals surface area (Å²) in [6.07, 6.45) is 6.56. The highest BCUT2D eigenvalue weighted by molar-refractivity contribution is 5.74. The van der Waals surface area contributed by atoms with Crippen molar-refractivity contribution in [2.45, 2.75) is 38.5 Å². The van der Waals surface area contributed by atoms with Crippen LogP contribution in [0.15, 0.2) is 0 Å². The fourth-order valence-corrected chi connectivity index (χ4v) is 2.27. The number of urea groups is 1. The van der Waals surface area contributed by atoms with Crippen molar-refractivity contribution in [3.05, 3.63) is 5.82 Å². The summed E-state index contributed by atoms with van der Waals surface area (Å²) in [4.78, 5) is 17.9. The Hall–Kier alpha value is -1.79. The molecule has 1 aliphatic rings. The van der Waals surface area contributed by atoms with Crippen LogP contribution in [0.4, 0.5) is 10.7 Å². The number of nitrogen functional groups attached to an aromatic ring is 1. The zero-order valence-electron chi connectivity index (χ0n) is 11.2. The highest BCUT2D eigenvalue weighted by Gasteiger charge is 2.14. The monoisotopic (exact) mass is 266 g/mol. The van der Waals surface area contributed by atoms with Crippen molar-refractivity contribution < 1.29 is 4.79 Å². The number of aromatic amines is 1. The minimum absolute atomic E-state index is 0.0226. The van der Waals surface area contributed by atoms with E-state index in [4.69, 9.17) is 5.73 Å². The number of aromatic nitrogens is 3. The van der Waals surface area contributed by atoms with Crippen LogP contribution in [0.2, 0.25) is 0 Å². The molecule has 2 heterocycles. The van der Waals surface area contributed by atoms with E-state index in [9.17, 15) is 4.79 Å². The van der Waals surface area contributed by atoms with Gasteiger partial charge in [-0.05, 0) is 12.8 Å². The SMILES string of the molecule is Nc1n[nH]c(CCNC(=O)N2CCCCCCC2)n1. The minimum Gasteiger partial charge on any atom is -0.367 e. The Morgan fingerprint density at radius 1 is 1.26 bits per heavy atom. The van der Waals surface area contributed by atoms with E-state index in [0.717, 1.165) is 25.9 Å². The Balaban J connectivity index is 1.70. The van der Waals surface area contributed by atoms with Crippen LogP contribution in [0.1, 0.15) is 37.9 Å². The standard InChI is InChI=1S/C12H22N6O/c13-11-15-10(16-17-11)6-7-14-12(19)18-8-4-2-1-3-5-9-18/h1-9H2,(H,14,19)(H3,13,15,16,17). The number of nitrogens with zero attached hydrogens (tertiary/aromatic N) is 3. The molecule has 1 fully saturated rings. The fraction of sp³-hybridized carbons (Fsp3) is 0.750. The number of anilines is 1. The van der Waals surface area contributed by atoms with Gasteiger partial charge in [0.25, 0.3) is 0 Å². The van der Waals surface area contributed by atoms with Crippen LogP contribution in [0, 0.1) is 0 Å². The molecule has 0 aromatic carbocycles. The lowest BCUT2D eigenvalue weighted by molar-refractivity contribution is 0.192. The van der Waals surface area contributed by atoms with Crippen LogP contribution in [-0.4, -0.2) is 45.7 Å². The molecule has 1 saturated heterocycles. The van der Waals surface area contributed by atoms with Crippen molar-refractivity contribution in [1.82, 2.24) is 25.4 Å². The van der Waals surface area contributed by atoms with Gasteiger partial charge in [0.2, 0.25) is 5.95 Å². The zero-order chi connectivity index (χ0) is 13.5. The van der Waals surface area contributed by atoms with E-state index >= 15 is 0 Å². The second-order valence-electron chi connectivity index (χ2n) is 4.88. The van der Waals surface area contributed by atoms with Gasteiger partial charge in [0, 0.05) is 26.1 Å². The maximum absolute atomic E-state index is 12.0. The van der Waals surface area contributed by atoms with Crippen molar-refractivity contribution in [3.63, 3.8) is 0 Å². The Morgan fingerprint density at radius 3 is 2.58 bits per heavy atom. The maximum atomic E-state index is 12.0.